The van der Waals surface area contributed by atoms with Gasteiger partial charge in [-0.3, -0.25) is 4.98 Å². The van der Waals surface area contributed by atoms with Gasteiger partial charge in [-0.05, 0) is 42.5 Å². The van der Waals surface area contributed by atoms with Crippen molar-refractivity contribution >= 4 is 17.4 Å². The number of nitrogens with one attached hydrogen (secondary N) is 3. The average molecular weight is 483 g/mol. The Labute approximate surface area is 195 Å². The van der Waals surface area contributed by atoms with Crippen LogP contribution in [0.5, 0.6) is 23.0 Å². The minimum atomic E-state index is -4.53. The third-order valence-corrected chi connectivity index (χ3v) is 4.83. The van der Waals surface area contributed by atoms with Gasteiger partial charge in [0.05, 0.1) is 6.20 Å². The smallest absolute Gasteiger partial charge is 0.432 e. The predicted octanol–water partition coefficient (Wildman–Crippen LogP) is 5.66. The van der Waals surface area contributed by atoms with Crippen LogP contribution in [0.25, 0.3) is 11.5 Å². The number of anilines is 2. The summed E-state index contributed by atoms with van der Waals surface area (Å²) in [5.74, 6) is 1.93. The van der Waals surface area contributed by atoms with Crippen molar-refractivity contribution in [2.24, 2.45) is 0 Å². The van der Waals surface area contributed by atoms with Crippen molar-refractivity contribution in [2.75, 3.05) is 17.4 Å². The Bertz CT molecular complexity index is 1370. The number of hydrogen-bond acceptors (Lipinski definition) is 6. The molecule has 0 spiro atoms. The summed E-state index contributed by atoms with van der Waals surface area (Å²) in [6.07, 6.45) is -2.42. The van der Waals surface area contributed by atoms with E-state index in [1.54, 1.807) is 48.5 Å². The number of urea groups is 1. The van der Waals surface area contributed by atoms with Gasteiger partial charge < -0.3 is 29.8 Å². The summed E-state index contributed by atoms with van der Waals surface area (Å²) in [4.78, 5) is 22.3. The number of amides is 2. The van der Waals surface area contributed by atoms with E-state index >= 15 is 0 Å². The van der Waals surface area contributed by atoms with Gasteiger partial charge in [-0.2, -0.15) is 13.2 Å². The molecule has 3 N–H and O–H groups in total. The lowest BCUT2D eigenvalue weighted by Crippen LogP contribution is -2.19. The highest BCUT2D eigenvalue weighted by molar-refractivity contribution is 6.00. The molecule has 2 amide bonds. The number of benzene rings is 2. The van der Waals surface area contributed by atoms with E-state index in [0.717, 1.165) is 0 Å². The molecule has 0 saturated carbocycles. The molecule has 5 rings (SSSR count). The highest BCUT2D eigenvalue weighted by atomic mass is 19.4. The van der Waals surface area contributed by atoms with Gasteiger partial charge in [-0.15, -0.1) is 0 Å². The van der Waals surface area contributed by atoms with Crippen LogP contribution in [-0.2, 0) is 6.18 Å². The monoisotopic (exact) mass is 483 g/mol. The molecule has 1 aliphatic heterocycles. The summed E-state index contributed by atoms with van der Waals surface area (Å²) < 4.78 is 54.7. The van der Waals surface area contributed by atoms with E-state index in [2.05, 4.69) is 25.6 Å². The molecule has 2 aromatic heterocycles. The second-order valence-corrected chi connectivity index (χ2v) is 7.29. The molecule has 0 aliphatic carbocycles. The highest BCUT2D eigenvalue weighted by Crippen LogP contribution is 2.34. The topological polar surface area (TPSA) is 110 Å². The molecule has 0 bridgehead atoms. The van der Waals surface area contributed by atoms with Gasteiger partial charge in [0.25, 0.3) is 0 Å². The number of carbonyl (C=O) groups is 1. The zero-order chi connectivity index (χ0) is 24.4. The molecule has 3 heterocycles. The number of nitrogens with zero attached hydrogens (tertiary/aromatic N) is 2. The zero-order valence-electron chi connectivity index (χ0n) is 17.7. The Kier molecular flexibility index (Phi) is 5.61. The molecule has 1 aliphatic rings. The Morgan fingerprint density at radius 1 is 0.914 bits per heavy atom. The molecular weight excluding hydrogens is 467 g/mol. The van der Waals surface area contributed by atoms with Crippen LogP contribution in [0.3, 0.4) is 0 Å². The number of aromatic amines is 1. The maximum Gasteiger partial charge on any atom is 0.432 e. The predicted molar refractivity (Wildman–Crippen MR) is 119 cm³/mol. The van der Waals surface area contributed by atoms with Crippen molar-refractivity contribution in [3.8, 4) is 34.5 Å². The standard InChI is InChI=1S/C23H16F3N5O4/c24-23(25,26)20-11-28-21(31-20)17-10-16(7-8-27-17)35-15-4-1-13(2-5-15)29-22(32)30-14-3-6-18-19(9-14)34-12-33-18/h1-11H,12H2,(H,28,31)(H2,29,30,32). The molecule has 0 saturated heterocycles. The number of imidazole rings is 1. The fourth-order valence-electron chi connectivity index (χ4n) is 3.21. The number of H-pyrrole nitrogens is 1. The fourth-order valence-corrected chi connectivity index (χ4v) is 3.21. The van der Waals surface area contributed by atoms with Gasteiger partial charge in [0.2, 0.25) is 6.79 Å². The third kappa shape index (κ3) is 5.11. The van der Waals surface area contributed by atoms with Crippen LogP contribution in [0, 0.1) is 0 Å². The Morgan fingerprint density at radius 3 is 2.43 bits per heavy atom. The van der Waals surface area contributed by atoms with E-state index in [1.807, 2.05) is 0 Å². The van der Waals surface area contributed by atoms with E-state index in [1.165, 1.54) is 12.3 Å². The molecule has 2 aromatic carbocycles. The van der Waals surface area contributed by atoms with Crippen LogP contribution < -0.4 is 24.8 Å². The Hall–Kier alpha value is -4.74. The Balaban J connectivity index is 1.20. The third-order valence-electron chi connectivity index (χ3n) is 4.83. The molecule has 0 unspecified atom stereocenters. The molecule has 0 atom stereocenters. The van der Waals surface area contributed by atoms with Crippen molar-refractivity contribution in [1.82, 2.24) is 15.0 Å². The first-order valence-corrected chi connectivity index (χ1v) is 10.2. The first kappa shape index (κ1) is 22.1. The lowest BCUT2D eigenvalue weighted by atomic mass is 10.3. The molecule has 9 nitrogen and oxygen atoms in total. The number of aromatic nitrogens is 3. The van der Waals surface area contributed by atoms with Crippen molar-refractivity contribution < 1.29 is 32.2 Å². The average Bonchev–Trinajstić information content (AvgIpc) is 3.50. The molecule has 4 aromatic rings. The summed E-state index contributed by atoms with van der Waals surface area (Å²) in [7, 11) is 0. The summed E-state index contributed by atoms with van der Waals surface area (Å²) >= 11 is 0. The van der Waals surface area contributed by atoms with Gasteiger partial charge in [-0.1, -0.05) is 0 Å². The van der Waals surface area contributed by atoms with E-state index in [4.69, 9.17) is 14.2 Å². The summed E-state index contributed by atoms with van der Waals surface area (Å²) in [5.41, 5.74) is 0.281. The number of carbonyl (C=O) groups excluding carboxylic acids is 1. The zero-order valence-corrected chi connectivity index (χ0v) is 17.7. The van der Waals surface area contributed by atoms with Crippen molar-refractivity contribution in [3.63, 3.8) is 0 Å². The summed E-state index contributed by atoms with van der Waals surface area (Å²) in [5, 5.41) is 5.41. The van der Waals surface area contributed by atoms with E-state index < -0.39 is 17.9 Å². The summed E-state index contributed by atoms with van der Waals surface area (Å²) in [6, 6.07) is 14.2. The summed E-state index contributed by atoms with van der Waals surface area (Å²) in [6.45, 7) is 0.141. The van der Waals surface area contributed by atoms with Gasteiger partial charge in [-0.25, -0.2) is 9.78 Å². The largest absolute Gasteiger partial charge is 0.457 e. The fraction of sp³-hybridized carbons (Fsp3) is 0.0870. The van der Waals surface area contributed by atoms with Crippen LogP contribution in [0.4, 0.5) is 29.3 Å². The first-order valence-electron chi connectivity index (χ1n) is 10.2. The molecule has 0 radical (unpaired) electrons. The van der Waals surface area contributed by atoms with Gasteiger partial charge in [0.15, 0.2) is 17.3 Å². The van der Waals surface area contributed by atoms with E-state index in [-0.39, 0.29) is 18.3 Å². The normalized spacial score (nSPS) is 12.3. The van der Waals surface area contributed by atoms with Gasteiger partial charge in [0, 0.05) is 29.7 Å². The minimum Gasteiger partial charge on any atom is -0.457 e. The SMILES string of the molecule is O=C(Nc1ccc(Oc2ccnc(-c3ncc(C(F)(F)F)[nH]3)c2)cc1)Nc1ccc2c(c1)OCO2. The van der Waals surface area contributed by atoms with E-state index in [0.29, 0.717) is 40.6 Å². The van der Waals surface area contributed by atoms with Crippen LogP contribution in [0.1, 0.15) is 5.69 Å². The Morgan fingerprint density at radius 2 is 1.66 bits per heavy atom. The molecule has 178 valence electrons. The van der Waals surface area contributed by atoms with Crippen LogP contribution >= 0.6 is 0 Å². The lowest BCUT2D eigenvalue weighted by molar-refractivity contribution is -0.140. The number of fused-ring (bicyclic) bond motifs is 1. The van der Waals surface area contributed by atoms with E-state index in [9.17, 15) is 18.0 Å². The molecule has 0 fully saturated rings. The molecule has 12 heteroatoms. The van der Waals surface area contributed by atoms with Crippen molar-refractivity contribution in [2.45, 2.75) is 6.18 Å². The first-order chi connectivity index (χ1) is 16.8. The quantitative estimate of drug-likeness (QED) is 0.338. The van der Waals surface area contributed by atoms with Crippen molar-refractivity contribution in [3.05, 3.63) is 72.7 Å². The number of hydrogen-bond donors (Lipinski definition) is 3. The molecular formula is C23H16F3N5O4. The molecule has 35 heavy (non-hydrogen) atoms. The second kappa shape index (κ2) is 8.89. The minimum absolute atomic E-state index is 0.0317. The lowest BCUT2D eigenvalue weighted by Gasteiger charge is -2.10. The second-order valence-electron chi connectivity index (χ2n) is 7.29. The number of halogens is 3. The number of rotatable bonds is 5. The van der Waals surface area contributed by atoms with Crippen LogP contribution in [0.15, 0.2) is 67.0 Å². The number of alkyl halides is 3. The highest BCUT2D eigenvalue weighted by Gasteiger charge is 2.33. The van der Waals surface area contributed by atoms with Gasteiger partial charge in [0.1, 0.15) is 22.9 Å². The number of ether oxygens (including phenoxy) is 3. The number of pyridine rings is 1. The van der Waals surface area contributed by atoms with Crippen LogP contribution in [-0.4, -0.2) is 27.8 Å². The maximum atomic E-state index is 12.8. The van der Waals surface area contributed by atoms with Crippen LogP contribution in [0.2, 0.25) is 0 Å². The maximum absolute atomic E-state index is 12.8. The van der Waals surface area contributed by atoms with Crippen molar-refractivity contribution in [1.29, 1.82) is 0 Å². The van der Waals surface area contributed by atoms with Gasteiger partial charge >= 0.3 is 12.2 Å².